The minimum atomic E-state index is 0.113. The van der Waals surface area contributed by atoms with Crippen LogP contribution in [-0.4, -0.2) is 49.3 Å². The van der Waals surface area contributed by atoms with E-state index in [2.05, 4.69) is 71.2 Å². The molecule has 3 nitrogen and oxygen atoms in total. The zero-order chi connectivity index (χ0) is 15.3. The van der Waals surface area contributed by atoms with Gasteiger partial charge in [0.2, 0.25) is 0 Å². The van der Waals surface area contributed by atoms with Crippen LogP contribution in [0.1, 0.15) is 26.3 Å². The number of likely N-dealkylation sites (N-methyl/N-ethyl adjacent to an activating group) is 1. The molecule has 2 rings (SSSR count). The van der Waals surface area contributed by atoms with Crippen molar-refractivity contribution in [2.24, 2.45) is 0 Å². The Morgan fingerprint density at radius 1 is 1.33 bits per heavy atom. The Hall–Kier alpha value is -0.420. The number of nitrogens with zero attached hydrogens (tertiary/aromatic N) is 1. The lowest BCUT2D eigenvalue weighted by atomic mass is 9.87. The molecule has 21 heavy (non-hydrogen) atoms. The highest BCUT2D eigenvalue weighted by molar-refractivity contribution is 9.10. The van der Waals surface area contributed by atoms with E-state index in [4.69, 9.17) is 4.74 Å². The van der Waals surface area contributed by atoms with Gasteiger partial charge in [0.25, 0.3) is 0 Å². The van der Waals surface area contributed by atoms with Crippen LogP contribution in [0.25, 0.3) is 0 Å². The van der Waals surface area contributed by atoms with Crippen molar-refractivity contribution in [2.45, 2.75) is 38.8 Å². The maximum absolute atomic E-state index is 5.50. The van der Waals surface area contributed by atoms with Crippen molar-refractivity contribution in [3.8, 4) is 0 Å². The number of hydrogen-bond donors (Lipinski definition) is 1. The third-order valence-electron chi connectivity index (χ3n) is 4.46. The molecule has 1 aliphatic rings. The normalized spacial score (nSPS) is 18.7. The number of morpholine rings is 1. The topological polar surface area (TPSA) is 24.5 Å². The summed E-state index contributed by atoms with van der Waals surface area (Å²) >= 11 is 3.57. The van der Waals surface area contributed by atoms with Gasteiger partial charge in [-0.15, -0.1) is 0 Å². The summed E-state index contributed by atoms with van der Waals surface area (Å²) in [5, 5.41) is 3.69. The van der Waals surface area contributed by atoms with Gasteiger partial charge in [-0.25, -0.2) is 0 Å². The van der Waals surface area contributed by atoms with Crippen molar-refractivity contribution in [2.75, 3.05) is 32.8 Å². The van der Waals surface area contributed by atoms with E-state index in [1.54, 1.807) is 0 Å². The summed E-state index contributed by atoms with van der Waals surface area (Å²) in [6.45, 7) is 11.6. The predicted molar refractivity (Wildman–Crippen MR) is 91.8 cm³/mol. The second-order valence-corrected chi connectivity index (χ2v) is 7.11. The van der Waals surface area contributed by atoms with E-state index >= 15 is 0 Å². The predicted octanol–water partition coefficient (Wildman–Crippen LogP) is 3.08. The summed E-state index contributed by atoms with van der Waals surface area (Å²) in [5.41, 5.74) is 1.49. The van der Waals surface area contributed by atoms with Crippen LogP contribution in [0.4, 0.5) is 0 Å². The second kappa shape index (κ2) is 7.73. The van der Waals surface area contributed by atoms with E-state index in [0.717, 1.165) is 43.7 Å². The highest BCUT2D eigenvalue weighted by Crippen LogP contribution is 2.24. The summed E-state index contributed by atoms with van der Waals surface area (Å²) in [5.74, 6) is 0. The molecular weight excluding hydrogens is 328 g/mol. The van der Waals surface area contributed by atoms with Crippen LogP contribution in [-0.2, 0) is 11.2 Å². The van der Waals surface area contributed by atoms with Gasteiger partial charge in [-0.05, 0) is 44.5 Å². The molecule has 1 atom stereocenters. The molecule has 0 bridgehead atoms. The van der Waals surface area contributed by atoms with Crippen LogP contribution in [0, 0.1) is 0 Å². The molecule has 0 aliphatic carbocycles. The molecule has 1 saturated heterocycles. The molecule has 1 aromatic rings. The highest BCUT2D eigenvalue weighted by atomic mass is 79.9. The Morgan fingerprint density at radius 2 is 2.05 bits per heavy atom. The zero-order valence-corrected chi connectivity index (χ0v) is 14.9. The van der Waals surface area contributed by atoms with E-state index in [1.807, 2.05) is 0 Å². The molecule has 1 fully saturated rings. The summed E-state index contributed by atoms with van der Waals surface area (Å²) in [4.78, 5) is 2.56. The van der Waals surface area contributed by atoms with E-state index in [9.17, 15) is 0 Å². The van der Waals surface area contributed by atoms with E-state index in [0.29, 0.717) is 6.04 Å². The number of halogens is 1. The first-order valence-corrected chi connectivity index (χ1v) is 8.64. The monoisotopic (exact) mass is 354 g/mol. The fourth-order valence-corrected chi connectivity index (χ4v) is 3.52. The summed E-state index contributed by atoms with van der Waals surface area (Å²) in [6, 6.07) is 9.06. The van der Waals surface area contributed by atoms with Crippen molar-refractivity contribution in [3.63, 3.8) is 0 Å². The van der Waals surface area contributed by atoms with E-state index < -0.39 is 0 Å². The van der Waals surface area contributed by atoms with E-state index in [1.165, 1.54) is 5.56 Å². The Balaban J connectivity index is 2.12. The van der Waals surface area contributed by atoms with Gasteiger partial charge in [0, 0.05) is 29.1 Å². The largest absolute Gasteiger partial charge is 0.379 e. The molecule has 0 radical (unpaired) electrons. The average Bonchev–Trinajstić information content (AvgIpc) is 2.48. The Morgan fingerprint density at radius 3 is 2.67 bits per heavy atom. The molecule has 1 heterocycles. The van der Waals surface area contributed by atoms with Gasteiger partial charge < -0.3 is 10.1 Å². The smallest absolute Gasteiger partial charge is 0.0594 e. The quantitative estimate of drug-likeness (QED) is 0.849. The second-order valence-electron chi connectivity index (χ2n) is 6.20. The zero-order valence-electron chi connectivity index (χ0n) is 13.4. The molecule has 118 valence electrons. The molecule has 0 amide bonds. The molecular formula is C17H27BrN2O. The van der Waals surface area contributed by atoms with Crippen molar-refractivity contribution in [1.82, 2.24) is 10.2 Å². The molecule has 1 aliphatic heterocycles. The van der Waals surface area contributed by atoms with Crippen molar-refractivity contribution in [1.29, 1.82) is 0 Å². The van der Waals surface area contributed by atoms with Crippen LogP contribution in [0.15, 0.2) is 28.7 Å². The van der Waals surface area contributed by atoms with Gasteiger partial charge in [0.15, 0.2) is 0 Å². The van der Waals surface area contributed by atoms with Gasteiger partial charge in [-0.1, -0.05) is 35.0 Å². The number of hydrogen-bond acceptors (Lipinski definition) is 3. The number of rotatable bonds is 6. The molecule has 1 aromatic carbocycles. The first-order valence-electron chi connectivity index (χ1n) is 7.84. The van der Waals surface area contributed by atoms with Crippen LogP contribution in [0.5, 0.6) is 0 Å². The van der Waals surface area contributed by atoms with Gasteiger partial charge in [0.05, 0.1) is 13.2 Å². The molecule has 1 unspecified atom stereocenters. The summed E-state index contributed by atoms with van der Waals surface area (Å²) < 4.78 is 6.65. The van der Waals surface area contributed by atoms with Crippen LogP contribution in [0.3, 0.4) is 0 Å². The van der Waals surface area contributed by atoms with Crippen molar-refractivity contribution < 1.29 is 4.74 Å². The lowest BCUT2D eigenvalue weighted by molar-refractivity contribution is -0.0230. The Kier molecular flexibility index (Phi) is 6.23. The first-order chi connectivity index (χ1) is 10.0. The van der Waals surface area contributed by atoms with Crippen LogP contribution >= 0.6 is 15.9 Å². The third kappa shape index (κ3) is 4.52. The third-order valence-corrected chi connectivity index (χ3v) is 4.95. The fraction of sp³-hybridized carbons (Fsp3) is 0.647. The minimum Gasteiger partial charge on any atom is -0.379 e. The average molecular weight is 355 g/mol. The van der Waals surface area contributed by atoms with Crippen LogP contribution < -0.4 is 5.32 Å². The fourth-order valence-electron chi connectivity index (χ4n) is 3.08. The van der Waals surface area contributed by atoms with Gasteiger partial charge in [-0.2, -0.15) is 0 Å². The Bertz CT molecular complexity index is 444. The highest BCUT2D eigenvalue weighted by Gasteiger charge is 2.35. The van der Waals surface area contributed by atoms with Gasteiger partial charge >= 0.3 is 0 Å². The lowest BCUT2D eigenvalue weighted by Gasteiger charge is -2.46. The summed E-state index contributed by atoms with van der Waals surface area (Å²) in [6.07, 6.45) is 1.04. The maximum atomic E-state index is 5.50. The number of benzene rings is 1. The SMILES string of the molecule is CCNC(Cc1cccc(Br)c1)C(C)(C)N1CCOCC1. The van der Waals surface area contributed by atoms with Gasteiger partial charge in [0.1, 0.15) is 0 Å². The van der Waals surface area contributed by atoms with Crippen molar-refractivity contribution in [3.05, 3.63) is 34.3 Å². The van der Waals surface area contributed by atoms with Gasteiger partial charge in [-0.3, -0.25) is 4.90 Å². The van der Waals surface area contributed by atoms with Crippen molar-refractivity contribution >= 4 is 15.9 Å². The standard InChI is InChI=1S/C17H27BrN2O/c1-4-19-16(13-14-6-5-7-15(18)12-14)17(2,3)20-8-10-21-11-9-20/h5-7,12,16,19H,4,8-11,13H2,1-3H3. The van der Waals surface area contributed by atoms with E-state index in [-0.39, 0.29) is 5.54 Å². The minimum absolute atomic E-state index is 0.113. The molecule has 0 saturated carbocycles. The maximum Gasteiger partial charge on any atom is 0.0594 e. The number of nitrogens with one attached hydrogen (secondary N) is 1. The molecule has 0 spiro atoms. The number of ether oxygens (including phenoxy) is 1. The molecule has 0 aromatic heterocycles. The lowest BCUT2D eigenvalue weighted by Crippen LogP contribution is -2.61. The summed E-state index contributed by atoms with van der Waals surface area (Å²) in [7, 11) is 0. The molecule has 1 N–H and O–H groups in total. The molecule has 4 heteroatoms. The first kappa shape index (κ1) is 16.9. The van der Waals surface area contributed by atoms with Crippen LogP contribution in [0.2, 0.25) is 0 Å². The Labute approximate surface area is 137 Å².